The fourth-order valence-corrected chi connectivity index (χ4v) is 1.96. The number of nitrogens with two attached hydrogens (primary N) is 1. The van der Waals surface area contributed by atoms with Crippen molar-refractivity contribution in [2.45, 2.75) is 12.8 Å². The van der Waals surface area contributed by atoms with E-state index in [-0.39, 0.29) is 10.9 Å². The van der Waals surface area contributed by atoms with Gasteiger partial charge >= 0.3 is 0 Å². The number of benzene rings is 2. The van der Waals surface area contributed by atoms with Crippen LogP contribution in [0.4, 0.5) is 15.8 Å². The van der Waals surface area contributed by atoms with Crippen LogP contribution in [-0.2, 0) is 11.2 Å². The van der Waals surface area contributed by atoms with Gasteiger partial charge in [-0.1, -0.05) is 23.7 Å². The first-order valence-corrected chi connectivity index (χ1v) is 6.52. The zero-order chi connectivity index (χ0) is 14.5. The lowest BCUT2D eigenvalue weighted by atomic mass is 10.1. The normalized spacial score (nSPS) is 10.3. The summed E-state index contributed by atoms with van der Waals surface area (Å²) in [5.41, 5.74) is 7.72. The van der Waals surface area contributed by atoms with E-state index in [1.54, 1.807) is 12.1 Å². The van der Waals surface area contributed by atoms with Gasteiger partial charge in [0.1, 0.15) is 5.82 Å². The third-order valence-corrected chi connectivity index (χ3v) is 3.14. The summed E-state index contributed by atoms with van der Waals surface area (Å²) in [5.74, 6) is -0.606. The van der Waals surface area contributed by atoms with Gasteiger partial charge in [-0.05, 0) is 42.3 Å². The highest BCUT2D eigenvalue weighted by Gasteiger charge is 2.07. The summed E-state index contributed by atoms with van der Waals surface area (Å²) in [6.45, 7) is 0. The molecule has 104 valence electrons. The van der Waals surface area contributed by atoms with Gasteiger partial charge in [0, 0.05) is 12.1 Å². The number of rotatable bonds is 4. The lowest BCUT2D eigenvalue weighted by molar-refractivity contribution is -0.116. The van der Waals surface area contributed by atoms with Crippen LogP contribution >= 0.6 is 11.6 Å². The van der Waals surface area contributed by atoms with Crippen molar-refractivity contribution in [2.24, 2.45) is 0 Å². The standard InChI is InChI=1S/C15H14ClFN2O/c16-13-9-11(17)4-7-14(13)19-15(20)8-3-10-1-5-12(18)6-2-10/h1-2,4-7,9H,3,8,18H2,(H,19,20). The summed E-state index contributed by atoms with van der Waals surface area (Å²) in [7, 11) is 0. The smallest absolute Gasteiger partial charge is 0.224 e. The molecule has 0 aliphatic carbocycles. The molecule has 0 aromatic heterocycles. The molecule has 2 aromatic carbocycles. The fraction of sp³-hybridized carbons (Fsp3) is 0.133. The predicted octanol–water partition coefficient (Wildman–Crippen LogP) is 3.63. The van der Waals surface area contributed by atoms with Crippen LogP contribution in [0.15, 0.2) is 42.5 Å². The van der Waals surface area contributed by atoms with Gasteiger partial charge in [0.05, 0.1) is 10.7 Å². The van der Waals surface area contributed by atoms with Crippen LogP contribution in [0.25, 0.3) is 0 Å². The van der Waals surface area contributed by atoms with E-state index in [2.05, 4.69) is 5.32 Å². The zero-order valence-electron chi connectivity index (χ0n) is 10.7. The monoisotopic (exact) mass is 292 g/mol. The van der Waals surface area contributed by atoms with E-state index in [1.807, 2.05) is 12.1 Å². The maximum atomic E-state index is 12.9. The Labute approximate surface area is 121 Å². The van der Waals surface area contributed by atoms with Crippen molar-refractivity contribution in [2.75, 3.05) is 11.1 Å². The first-order valence-electron chi connectivity index (χ1n) is 6.14. The maximum Gasteiger partial charge on any atom is 0.224 e. The predicted molar refractivity (Wildman–Crippen MR) is 79.2 cm³/mol. The highest BCUT2D eigenvalue weighted by Crippen LogP contribution is 2.22. The largest absolute Gasteiger partial charge is 0.399 e. The molecule has 0 aliphatic heterocycles. The highest BCUT2D eigenvalue weighted by atomic mass is 35.5. The molecule has 2 rings (SSSR count). The molecule has 0 spiro atoms. The van der Waals surface area contributed by atoms with Gasteiger partial charge in [-0.25, -0.2) is 4.39 Å². The van der Waals surface area contributed by atoms with Crippen molar-refractivity contribution in [3.63, 3.8) is 0 Å². The Morgan fingerprint density at radius 1 is 1.20 bits per heavy atom. The summed E-state index contributed by atoms with van der Waals surface area (Å²) in [6, 6.07) is 11.2. The number of hydrogen-bond donors (Lipinski definition) is 2. The molecule has 3 N–H and O–H groups in total. The molecule has 0 saturated carbocycles. The highest BCUT2D eigenvalue weighted by molar-refractivity contribution is 6.33. The average molecular weight is 293 g/mol. The van der Waals surface area contributed by atoms with Crippen LogP contribution < -0.4 is 11.1 Å². The van der Waals surface area contributed by atoms with E-state index in [9.17, 15) is 9.18 Å². The van der Waals surface area contributed by atoms with Crippen LogP contribution in [0.2, 0.25) is 5.02 Å². The first-order chi connectivity index (χ1) is 9.54. The topological polar surface area (TPSA) is 55.1 Å². The molecule has 3 nitrogen and oxygen atoms in total. The Balaban J connectivity index is 1.90. The van der Waals surface area contributed by atoms with E-state index in [4.69, 9.17) is 17.3 Å². The summed E-state index contributed by atoms with van der Waals surface area (Å²) in [4.78, 5) is 11.8. The number of aryl methyl sites for hydroxylation is 1. The lowest BCUT2D eigenvalue weighted by Crippen LogP contribution is -2.12. The third-order valence-electron chi connectivity index (χ3n) is 2.83. The number of carbonyl (C=O) groups excluding carboxylic acids is 1. The molecule has 20 heavy (non-hydrogen) atoms. The minimum absolute atomic E-state index is 0.171. The zero-order valence-corrected chi connectivity index (χ0v) is 11.5. The molecule has 0 bridgehead atoms. The summed E-state index contributed by atoms with van der Waals surface area (Å²) >= 11 is 5.84. The van der Waals surface area contributed by atoms with Crippen molar-refractivity contribution in [1.82, 2.24) is 0 Å². The number of nitrogen functional groups attached to an aromatic ring is 1. The van der Waals surface area contributed by atoms with E-state index in [0.717, 1.165) is 11.6 Å². The van der Waals surface area contributed by atoms with Crippen molar-refractivity contribution in [1.29, 1.82) is 0 Å². The van der Waals surface area contributed by atoms with Crippen molar-refractivity contribution >= 4 is 28.9 Å². The second-order valence-electron chi connectivity index (χ2n) is 4.41. The van der Waals surface area contributed by atoms with Gasteiger partial charge in [-0.2, -0.15) is 0 Å². The number of amides is 1. The number of anilines is 2. The molecule has 0 aliphatic rings. The molecule has 0 heterocycles. The number of hydrogen-bond acceptors (Lipinski definition) is 2. The van der Waals surface area contributed by atoms with Crippen LogP contribution in [0.5, 0.6) is 0 Å². The molecule has 0 fully saturated rings. The Hall–Kier alpha value is -2.07. The molecule has 0 radical (unpaired) electrons. The summed E-state index contributed by atoms with van der Waals surface area (Å²) < 4.78 is 12.9. The molecule has 5 heteroatoms. The molecular weight excluding hydrogens is 279 g/mol. The van der Waals surface area contributed by atoms with Gasteiger partial charge in [-0.15, -0.1) is 0 Å². The Bertz CT molecular complexity index is 614. The minimum Gasteiger partial charge on any atom is -0.399 e. The Morgan fingerprint density at radius 2 is 1.90 bits per heavy atom. The SMILES string of the molecule is Nc1ccc(CCC(=O)Nc2ccc(F)cc2Cl)cc1. The third kappa shape index (κ3) is 3.96. The lowest BCUT2D eigenvalue weighted by Gasteiger charge is -2.07. The average Bonchev–Trinajstić information content (AvgIpc) is 2.41. The quantitative estimate of drug-likeness (QED) is 0.846. The van der Waals surface area contributed by atoms with Crippen LogP contribution in [0.3, 0.4) is 0 Å². The fourth-order valence-electron chi connectivity index (χ4n) is 1.75. The molecule has 0 atom stereocenters. The number of carbonyl (C=O) groups is 1. The van der Waals surface area contributed by atoms with Crippen LogP contribution in [0, 0.1) is 5.82 Å². The Kier molecular flexibility index (Phi) is 4.58. The summed E-state index contributed by atoms with van der Waals surface area (Å²) in [5, 5.41) is 2.84. The van der Waals surface area contributed by atoms with Crippen molar-refractivity contribution in [3.05, 3.63) is 58.9 Å². The van der Waals surface area contributed by atoms with Gasteiger partial charge in [-0.3, -0.25) is 4.79 Å². The van der Waals surface area contributed by atoms with E-state index in [1.165, 1.54) is 12.1 Å². The van der Waals surface area contributed by atoms with Gasteiger partial charge in [0.2, 0.25) is 5.91 Å². The van der Waals surface area contributed by atoms with Crippen LogP contribution in [-0.4, -0.2) is 5.91 Å². The van der Waals surface area contributed by atoms with Crippen molar-refractivity contribution in [3.8, 4) is 0 Å². The second-order valence-corrected chi connectivity index (χ2v) is 4.82. The van der Waals surface area contributed by atoms with Gasteiger partial charge < -0.3 is 11.1 Å². The number of halogens is 2. The molecule has 0 saturated heterocycles. The van der Waals surface area contributed by atoms with Crippen molar-refractivity contribution < 1.29 is 9.18 Å². The van der Waals surface area contributed by atoms with Gasteiger partial charge in [0.25, 0.3) is 0 Å². The molecule has 0 unspecified atom stereocenters. The van der Waals surface area contributed by atoms with Gasteiger partial charge in [0.15, 0.2) is 0 Å². The minimum atomic E-state index is -0.435. The second kappa shape index (κ2) is 6.39. The Morgan fingerprint density at radius 3 is 2.55 bits per heavy atom. The number of nitrogens with one attached hydrogen (secondary N) is 1. The van der Waals surface area contributed by atoms with Crippen LogP contribution in [0.1, 0.15) is 12.0 Å². The first kappa shape index (κ1) is 14.3. The molecular formula is C15H14ClFN2O. The molecule has 1 amide bonds. The van der Waals surface area contributed by atoms with E-state index >= 15 is 0 Å². The van der Waals surface area contributed by atoms with E-state index in [0.29, 0.717) is 24.2 Å². The maximum absolute atomic E-state index is 12.9. The summed E-state index contributed by atoms with van der Waals surface area (Å²) in [6.07, 6.45) is 0.919. The molecule has 2 aromatic rings. The van der Waals surface area contributed by atoms with E-state index < -0.39 is 5.82 Å².